The highest BCUT2D eigenvalue weighted by atomic mass is 16.5. The molecule has 0 spiro atoms. The molecule has 36 heavy (non-hydrogen) atoms. The van der Waals surface area contributed by atoms with Gasteiger partial charge in [-0.2, -0.15) is 0 Å². The van der Waals surface area contributed by atoms with Gasteiger partial charge < -0.3 is 28.2 Å². The minimum atomic E-state index is -1.04. The SMILES string of the molecule is COc1ccc(-c2nc(COc3ccc(OCC(=O)O)c(C)c3)oc2-c2cc3ccccc3o2)cc1. The van der Waals surface area contributed by atoms with Crippen LogP contribution in [0.3, 0.4) is 0 Å². The van der Waals surface area contributed by atoms with E-state index in [2.05, 4.69) is 0 Å². The highest BCUT2D eigenvalue weighted by Crippen LogP contribution is 2.36. The Morgan fingerprint density at radius 1 is 0.944 bits per heavy atom. The van der Waals surface area contributed by atoms with E-state index in [1.54, 1.807) is 25.3 Å². The van der Waals surface area contributed by atoms with Gasteiger partial charge in [-0.25, -0.2) is 9.78 Å². The van der Waals surface area contributed by atoms with Crippen LogP contribution in [0.4, 0.5) is 0 Å². The van der Waals surface area contributed by atoms with Crippen LogP contribution in [0.15, 0.2) is 81.6 Å². The van der Waals surface area contributed by atoms with Crippen LogP contribution < -0.4 is 14.2 Å². The molecule has 0 aliphatic heterocycles. The molecular weight excluding hydrogens is 462 g/mol. The summed E-state index contributed by atoms with van der Waals surface area (Å²) in [7, 11) is 1.62. The Hall–Kier alpha value is -4.72. The van der Waals surface area contributed by atoms with Gasteiger partial charge in [-0.1, -0.05) is 18.2 Å². The fraction of sp³-hybridized carbons (Fsp3) is 0.143. The zero-order valence-electron chi connectivity index (χ0n) is 19.7. The number of carbonyl (C=O) groups is 1. The van der Waals surface area contributed by atoms with E-state index in [4.69, 9.17) is 33.1 Å². The Morgan fingerprint density at radius 2 is 1.72 bits per heavy atom. The molecule has 0 amide bonds. The van der Waals surface area contributed by atoms with E-state index < -0.39 is 12.6 Å². The third-order valence-corrected chi connectivity index (χ3v) is 5.54. The summed E-state index contributed by atoms with van der Waals surface area (Å²) in [6, 6.07) is 22.4. The Kier molecular flexibility index (Phi) is 6.32. The molecule has 8 nitrogen and oxygen atoms in total. The summed E-state index contributed by atoms with van der Waals surface area (Å²) in [6.45, 7) is 1.49. The summed E-state index contributed by atoms with van der Waals surface area (Å²) in [5, 5.41) is 9.77. The summed E-state index contributed by atoms with van der Waals surface area (Å²) in [5.41, 5.74) is 2.98. The number of aliphatic carboxylic acids is 1. The van der Waals surface area contributed by atoms with Crippen molar-refractivity contribution in [3.8, 4) is 40.0 Å². The quantitative estimate of drug-likeness (QED) is 0.266. The van der Waals surface area contributed by atoms with Crippen LogP contribution in [0, 0.1) is 6.92 Å². The average molecular weight is 485 g/mol. The first-order chi connectivity index (χ1) is 17.5. The lowest BCUT2D eigenvalue weighted by molar-refractivity contribution is -0.139. The average Bonchev–Trinajstić information content (AvgIpc) is 3.51. The number of aromatic nitrogens is 1. The van der Waals surface area contributed by atoms with Crippen molar-refractivity contribution in [3.05, 3.63) is 84.3 Å². The molecule has 5 rings (SSSR count). The van der Waals surface area contributed by atoms with E-state index in [1.165, 1.54) is 0 Å². The normalized spacial score (nSPS) is 10.9. The maximum Gasteiger partial charge on any atom is 0.341 e. The number of hydrogen-bond donors (Lipinski definition) is 1. The monoisotopic (exact) mass is 485 g/mol. The number of ether oxygens (including phenoxy) is 3. The molecule has 1 N–H and O–H groups in total. The van der Waals surface area contributed by atoms with Crippen LogP contribution in [0.25, 0.3) is 33.7 Å². The van der Waals surface area contributed by atoms with Gasteiger partial charge in [0.15, 0.2) is 24.7 Å². The number of benzene rings is 3. The van der Waals surface area contributed by atoms with Crippen LogP contribution in [-0.2, 0) is 11.4 Å². The highest BCUT2D eigenvalue weighted by molar-refractivity contribution is 5.85. The lowest BCUT2D eigenvalue weighted by atomic mass is 10.1. The van der Waals surface area contributed by atoms with E-state index >= 15 is 0 Å². The molecule has 0 saturated heterocycles. The second-order valence-electron chi connectivity index (χ2n) is 8.06. The van der Waals surface area contributed by atoms with Crippen molar-refractivity contribution in [1.82, 2.24) is 4.98 Å². The number of hydrogen-bond acceptors (Lipinski definition) is 7. The number of nitrogens with zero attached hydrogens (tertiary/aromatic N) is 1. The van der Waals surface area contributed by atoms with Crippen molar-refractivity contribution in [2.24, 2.45) is 0 Å². The maximum absolute atomic E-state index is 10.7. The van der Waals surface area contributed by atoms with E-state index in [9.17, 15) is 4.79 Å². The zero-order chi connectivity index (χ0) is 25.1. The van der Waals surface area contributed by atoms with Gasteiger partial charge in [0.1, 0.15) is 28.5 Å². The third kappa shape index (κ3) is 4.88. The van der Waals surface area contributed by atoms with Crippen LogP contribution >= 0.6 is 0 Å². The van der Waals surface area contributed by atoms with Crippen LogP contribution in [0.2, 0.25) is 0 Å². The summed E-state index contributed by atoms with van der Waals surface area (Å²) in [4.78, 5) is 15.5. The largest absolute Gasteiger partial charge is 0.497 e. The lowest BCUT2D eigenvalue weighted by Gasteiger charge is -2.09. The fourth-order valence-corrected chi connectivity index (χ4v) is 3.79. The van der Waals surface area contributed by atoms with Gasteiger partial charge in [-0.3, -0.25) is 0 Å². The van der Waals surface area contributed by atoms with E-state index in [0.717, 1.165) is 27.8 Å². The maximum atomic E-state index is 10.7. The van der Waals surface area contributed by atoms with E-state index in [1.807, 2.05) is 61.5 Å². The number of carboxylic acids is 1. The predicted octanol–water partition coefficient (Wildman–Crippen LogP) is 6.11. The second-order valence-corrected chi connectivity index (χ2v) is 8.06. The predicted molar refractivity (Wildman–Crippen MR) is 132 cm³/mol. The molecule has 0 bridgehead atoms. The summed E-state index contributed by atoms with van der Waals surface area (Å²) in [5.74, 6) is 2.20. The first-order valence-corrected chi connectivity index (χ1v) is 11.2. The molecule has 0 atom stereocenters. The lowest BCUT2D eigenvalue weighted by Crippen LogP contribution is -2.10. The first kappa shape index (κ1) is 23.0. The summed E-state index contributed by atoms with van der Waals surface area (Å²) < 4.78 is 28.6. The molecule has 0 aliphatic rings. The topological polar surface area (TPSA) is 104 Å². The molecule has 0 aliphatic carbocycles. The molecular formula is C28H23NO7. The van der Waals surface area contributed by atoms with Gasteiger partial charge in [0.2, 0.25) is 5.89 Å². The van der Waals surface area contributed by atoms with Crippen LogP contribution in [0.1, 0.15) is 11.5 Å². The van der Waals surface area contributed by atoms with Gasteiger partial charge >= 0.3 is 5.97 Å². The molecule has 5 aromatic rings. The van der Waals surface area contributed by atoms with Crippen LogP contribution in [0.5, 0.6) is 17.2 Å². The number of para-hydroxylation sites is 1. The molecule has 0 saturated carbocycles. The van der Waals surface area contributed by atoms with Crippen molar-refractivity contribution in [2.75, 3.05) is 13.7 Å². The Balaban J connectivity index is 1.43. The number of rotatable bonds is 9. The third-order valence-electron chi connectivity index (χ3n) is 5.54. The number of carboxylic acid groups (broad SMARTS) is 1. The smallest absolute Gasteiger partial charge is 0.341 e. The first-order valence-electron chi connectivity index (χ1n) is 11.2. The molecule has 2 aromatic heterocycles. The van der Waals surface area contributed by atoms with E-state index in [-0.39, 0.29) is 6.61 Å². The number of aryl methyl sites for hydroxylation is 1. The van der Waals surface area contributed by atoms with Gasteiger partial charge in [0.05, 0.1) is 7.11 Å². The zero-order valence-corrected chi connectivity index (χ0v) is 19.7. The van der Waals surface area contributed by atoms with Crippen molar-refractivity contribution < 1.29 is 32.9 Å². The molecule has 182 valence electrons. The van der Waals surface area contributed by atoms with Gasteiger partial charge in [0.25, 0.3) is 0 Å². The van der Waals surface area contributed by atoms with E-state index in [0.29, 0.717) is 34.6 Å². The van der Waals surface area contributed by atoms with Crippen molar-refractivity contribution in [3.63, 3.8) is 0 Å². The van der Waals surface area contributed by atoms with Gasteiger partial charge in [0, 0.05) is 10.9 Å². The number of fused-ring (bicyclic) bond motifs is 1. The molecule has 0 radical (unpaired) electrons. The standard InChI is InChI=1S/C28H23NO7/c1-17-13-21(11-12-22(17)34-16-26(30)31)33-15-25-29-27(18-7-9-20(32-2)10-8-18)28(36-25)24-14-19-5-3-4-6-23(19)35-24/h3-14H,15-16H2,1-2H3,(H,30,31). The van der Waals surface area contributed by atoms with Crippen molar-refractivity contribution in [2.45, 2.75) is 13.5 Å². The number of furan rings is 1. The Bertz CT molecular complexity index is 1480. The summed E-state index contributed by atoms with van der Waals surface area (Å²) >= 11 is 0. The Morgan fingerprint density at radius 3 is 2.44 bits per heavy atom. The van der Waals surface area contributed by atoms with Crippen molar-refractivity contribution in [1.29, 1.82) is 0 Å². The molecule has 8 heteroatoms. The van der Waals surface area contributed by atoms with Crippen molar-refractivity contribution >= 4 is 16.9 Å². The number of oxazole rings is 1. The van der Waals surface area contributed by atoms with Gasteiger partial charge in [-0.05, 0) is 67.1 Å². The fourth-order valence-electron chi connectivity index (χ4n) is 3.79. The molecule has 3 aromatic carbocycles. The highest BCUT2D eigenvalue weighted by Gasteiger charge is 2.21. The van der Waals surface area contributed by atoms with Gasteiger partial charge in [-0.15, -0.1) is 0 Å². The summed E-state index contributed by atoms with van der Waals surface area (Å²) in [6.07, 6.45) is 0. The molecule has 0 fully saturated rings. The molecule has 0 unspecified atom stereocenters. The minimum Gasteiger partial charge on any atom is -0.497 e. The van der Waals surface area contributed by atoms with Crippen LogP contribution in [-0.4, -0.2) is 29.8 Å². The minimum absolute atomic E-state index is 0.0815. The number of methoxy groups -OCH3 is 1. The Labute approximate surface area is 206 Å². The second kappa shape index (κ2) is 9.87. The molecule has 2 heterocycles.